The van der Waals surface area contributed by atoms with Crippen molar-refractivity contribution in [1.29, 1.82) is 0 Å². The van der Waals surface area contributed by atoms with Crippen LogP contribution in [-0.2, 0) is 0 Å². The summed E-state index contributed by atoms with van der Waals surface area (Å²) in [5.74, 6) is 0.872. The van der Waals surface area contributed by atoms with Gasteiger partial charge in [-0.1, -0.05) is 44.8 Å². The first-order valence-corrected chi connectivity index (χ1v) is 6.16. The van der Waals surface area contributed by atoms with E-state index in [0.29, 0.717) is 5.41 Å². The van der Waals surface area contributed by atoms with Crippen LogP contribution in [0.1, 0.15) is 66.7 Å². The molecule has 0 radical (unpaired) electrons. The van der Waals surface area contributed by atoms with Gasteiger partial charge < -0.3 is 0 Å². The number of rotatable bonds is 5. The summed E-state index contributed by atoms with van der Waals surface area (Å²) >= 11 is 0. The fraction of sp³-hybridized carbons (Fsp3) is 0.857. The molecule has 1 unspecified atom stereocenters. The highest BCUT2D eigenvalue weighted by Crippen LogP contribution is 2.52. The van der Waals surface area contributed by atoms with Gasteiger partial charge in [0.2, 0.25) is 0 Å². The molecule has 0 heterocycles. The van der Waals surface area contributed by atoms with Crippen LogP contribution in [-0.4, -0.2) is 0 Å². The summed E-state index contributed by atoms with van der Waals surface area (Å²) in [4.78, 5) is 0. The summed E-state index contributed by atoms with van der Waals surface area (Å²) in [6, 6.07) is 0. The first-order valence-electron chi connectivity index (χ1n) is 6.16. The minimum Gasteiger partial charge on any atom is -0.0736 e. The Balaban J connectivity index is 2.50. The molecule has 0 aromatic heterocycles. The van der Waals surface area contributed by atoms with Gasteiger partial charge in [0, 0.05) is 0 Å². The highest BCUT2D eigenvalue weighted by Gasteiger charge is 2.39. The first kappa shape index (κ1) is 11.8. The zero-order valence-electron chi connectivity index (χ0n) is 10.6. The van der Waals surface area contributed by atoms with Crippen LogP contribution in [0.25, 0.3) is 0 Å². The summed E-state index contributed by atoms with van der Waals surface area (Å²) < 4.78 is 0. The van der Waals surface area contributed by atoms with E-state index in [4.69, 9.17) is 0 Å². The summed E-state index contributed by atoms with van der Waals surface area (Å²) in [5.41, 5.74) is 3.93. The molecule has 1 fully saturated rings. The lowest BCUT2D eigenvalue weighted by Crippen LogP contribution is -2.02. The largest absolute Gasteiger partial charge is 0.0736 e. The van der Waals surface area contributed by atoms with Crippen molar-refractivity contribution in [2.75, 3.05) is 0 Å². The van der Waals surface area contributed by atoms with Gasteiger partial charge >= 0.3 is 0 Å². The summed E-state index contributed by atoms with van der Waals surface area (Å²) in [7, 11) is 0. The van der Waals surface area contributed by atoms with Crippen molar-refractivity contribution >= 4 is 0 Å². The van der Waals surface area contributed by atoms with Crippen molar-refractivity contribution in [2.45, 2.75) is 66.7 Å². The van der Waals surface area contributed by atoms with Crippen LogP contribution in [0.5, 0.6) is 0 Å². The Kier molecular flexibility index (Phi) is 3.80. The van der Waals surface area contributed by atoms with E-state index in [1.165, 1.54) is 32.1 Å². The van der Waals surface area contributed by atoms with Gasteiger partial charge in [0.25, 0.3) is 0 Å². The van der Waals surface area contributed by atoms with E-state index in [9.17, 15) is 0 Å². The van der Waals surface area contributed by atoms with Gasteiger partial charge in [-0.25, -0.2) is 0 Å². The second kappa shape index (κ2) is 4.51. The fourth-order valence-corrected chi connectivity index (χ4v) is 2.35. The van der Waals surface area contributed by atoms with E-state index in [1.807, 2.05) is 0 Å². The molecule has 1 saturated carbocycles. The Bertz CT molecular complexity index is 218. The molecule has 0 aliphatic heterocycles. The van der Waals surface area contributed by atoms with E-state index in [1.54, 1.807) is 11.1 Å². The number of hydrogen-bond donors (Lipinski definition) is 0. The average Bonchev–Trinajstić information content (AvgIpc) is 2.84. The van der Waals surface area contributed by atoms with Gasteiger partial charge in [-0.2, -0.15) is 0 Å². The van der Waals surface area contributed by atoms with E-state index in [0.717, 1.165) is 5.92 Å². The van der Waals surface area contributed by atoms with Crippen LogP contribution >= 0.6 is 0 Å². The van der Waals surface area contributed by atoms with Gasteiger partial charge in [0.15, 0.2) is 0 Å². The molecule has 0 saturated heterocycles. The van der Waals surface area contributed by atoms with Crippen LogP contribution in [0.3, 0.4) is 0 Å². The minimum absolute atomic E-state index is 0.593. The zero-order chi connectivity index (χ0) is 10.8. The molecule has 1 aliphatic rings. The van der Waals surface area contributed by atoms with Gasteiger partial charge in [0.05, 0.1) is 0 Å². The summed E-state index contributed by atoms with van der Waals surface area (Å²) in [6.07, 6.45) is 6.85. The third kappa shape index (κ3) is 2.87. The van der Waals surface area contributed by atoms with Crippen LogP contribution in [0.2, 0.25) is 0 Å². The van der Waals surface area contributed by atoms with Crippen molar-refractivity contribution in [3.8, 4) is 0 Å². The van der Waals surface area contributed by atoms with Gasteiger partial charge in [-0.15, -0.1) is 0 Å². The molecule has 0 spiro atoms. The molecule has 0 heteroatoms. The summed E-state index contributed by atoms with van der Waals surface area (Å²) in [5, 5.41) is 0. The smallest absolute Gasteiger partial charge is 0.0116 e. The predicted molar refractivity (Wildman–Crippen MR) is 64.4 cm³/mol. The predicted octanol–water partition coefficient (Wildman–Crippen LogP) is 4.95. The quantitative estimate of drug-likeness (QED) is 0.543. The normalized spacial score (nSPS) is 22.9. The van der Waals surface area contributed by atoms with Crippen molar-refractivity contribution in [3.05, 3.63) is 11.1 Å². The van der Waals surface area contributed by atoms with Gasteiger partial charge in [-0.3, -0.25) is 0 Å². The molecule has 0 nitrogen and oxygen atoms in total. The maximum absolute atomic E-state index is 2.41. The molecule has 0 bridgehead atoms. The molecular weight excluding hydrogens is 168 g/mol. The molecule has 1 rings (SSSR count). The van der Waals surface area contributed by atoms with Crippen molar-refractivity contribution in [3.63, 3.8) is 0 Å². The van der Waals surface area contributed by atoms with Crippen molar-refractivity contribution < 1.29 is 0 Å². The Morgan fingerprint density at radius 2 is 1.86 bits per heavy atom. The zero-order valence-corrected chi connectivity index (χ0v) is 10.6. The third-order valence-electron chi connectivity index (χ3n) is 3.98. The molecule has 14 heavy (non-hydrogen) atoms. The van der Waals surface area contributed by atoms with Crippen LogP contribution in [0, 0.1) is 11.3 Å². The average molecular weight is 194 g/mol. The standard InChI is InChI=1S/C14H26/c1-6-7-11(2)10-12(3)13(4)14(5)8-9-14/h11H,6-10H2,1-5H3. The topological polar surface area (TPSA) is 0 Å². The van der Waals surface area contributed by atoms with E-state index in [-0.39, 0.29) is 0 Å². The molecule has 0 N–H and O–H groups in total. The second-order valence-corrected chi connectivity index (χ2v) is 5.56. The SMILES string of the molecule is CCCC(C)CC(C)=C(C)C1(C)CC1. The van der Waals surface area contributed by atoms with Crippen molar-refractivity contribution in [1.82, 2.24) is 0 Å². The van der Waals surface area contributed by atoms with Crippen LogP contribution in [0.15, 0.2) is 11.1 Å². The highest BCUT2D eigenvalue weighted by atomic mass is 14.4. The van der Waals surface area contributed by atoms with Crippen LogP contribution < -0.4 is 0 Å². The Morgan fingerprint density at radius 3 is 2.29 bits per heavy atom. The molecule has 0 amide bonds. The van der Waals surface area contributed by atoms with Gasteiger partial charge in [0.1, 0.15) is 0 Å². The first-order chi connectivity index (χ1) is 6.49. The molecule has 82 valence electrons. The minimum atomic E-state index is 0.593. The van der Waals surface area contributed by atoms with E-state index >= 15 is 0 Å². The maximum atomic E-state index is 2.41. The van der Waals surface area contributed by atoms with Crippen LogP contribution in [0.4, 0.5) is 0 Å². The molecule has 1 atom stereocenters. The van der Waals surface area contributed by atoms with E-state index in [2.05, 4.69) is 34.6 Å². The maximum Gasteiger partial charge on any atom is -0.0116 e. The lowest BCUT2D eigenvalue weighted by atomic mass is 9.89. The second-order valence-electron chi connectivity index (χ2n) is 5.56. The Labute approximate surface area is 89.8 Å². The highest BCUT2D eigenvalue weighted by molar-refractivity contribution is 5.23. The third-order valence-corrected chi connectivity index (χ3v) is 3.98. The van der Waals surface area contributed by atoms with Gasteiger partial charge in [-0.05, 0) is 44.4 Å². The molecule has 1 aliphatic carbocycles. The lowest BCUT2D eigenvalue weighted by molar-refractivity contribution is 0.512. The Hall–Kier alpha value is -0.260. The molecular formula is C14H26. The van der Waals surface area contributed by atoms with E-state index < -0.39 is 0 Å². The molecule has 0 aromatic carbocycles. The fourth-order valence-electron chi connectivity index (χ4n) is 2.35. The van der Waals surface area contributed by atoms with Crippen molar-refractivity contribution in [2.24, 2.45) is 11.3 Å². The monoisotopic (exact) mass is 194 g/mol. The number of allylic oxidation sites excluding steroid dienone is 2. The summed E-state index contributed by atoms with van der Waals surface area (Å²) in [6.45, 7) is 11.8. The lowest BCUT2D eigenvalue weighted by Gasteiger charge is -2.17. The Morgan fingerprint density at radius 1 is 1.29 bits per heavy atom. The number of hydrogen-bond acceptors (Lipinski definition) is 0. The molecule has 0 aromatic rings.